The molecule has 0 aromatic rings. The van der Waals surface area contributed by atoms with Crippen LogP contribution in [0.25, 0.3) is 0 Å². The Morgan fingerprint density at radius 2 is 2.20 bits per heavy atom. The summed E-state index contributed by atoms with van der Waals surface area (Å²) in [6.45, 7) is 5.87. The third-order valence-electron chi connectivity index (χ3n) is 1.57. The maximum absolute atomic E-state index is 10.8. The second-order valence-corrected chi connectivity index (χ2v) is 2.93. The van der Waals surface area contributed by atoms with Crippen molar-refractivity contribution in [3.05, 3.63) is 11.8 Å². The highest BCUT2D eigenvalue weighted by molar-refractivity contribution is 5.77. The van der Waals surface area contributed by atoms with Gasteiger partial charge in [0, 0.05) is 5.92 Å². The van der Waals surface area contributed by atoms with Crippen LogP contribution in [0.15, 0.2) is 11.8 Å². The van der Waals surface area contributed by atoms with E-state index < -0.39 is 0 Å². The van der Waals surface area contributed by atoms with Gasteiger partial charge in [-0.15, -0.1) is 0 Å². The first-order valence-corrected chi connectivity index (χ1v) is 3.54. The maximum Gasteiger partial charge on any atom is 0.317 e. The lowest BCUT2D eigenvalue weighted by atomic mass is 10.1. The molecule has 0 N–H and O–H groups in total. The Morgan fingerprint density at radius 1 is 1.60 bits per heavy atom. The summed E-state index contributed by atoms with van der Waals surface area (Å²) in [7, 11) is 0. The summed E-state index contributed by atoms with van der Waals surface area (Å²) in [6, 6.07) is 0. The number of carbonyl (C=O) groups is 1. The minimum Gasteiger partial charge on any atom is -0.431 e. The molecule has 1 rings (SSSR count). The van der Waals surface area contributed by atoms with E-state index in [1.165, 1.54) is 0 Å². The molecular weight excluding hydrogens is 128 g/mol. The van der Waals surface area contributed by atoms with E-state index in [0.717, 1.165) is 5.76 Å². The van der Waals surface area contributed by atoms with Gasteiger partial charge in [0.25, 0.3) is 0 Å². The van der Waals surface area contributed by atoms with E-state index in [0.29, 0.717) is 5.92 Å². The molecule has 0 saturated heterocycles. The zero-order valence-corrected chi connectivity index (χ0v) is 6.55. The quantitative estimate of drug-likeness (QED) is 0.518. The van der Waals surface area contributed by atoms with Gasteiger partial charge < -0.3 is 4.74 Å². The zero-order valence-electron chi connectivity index (χ0n) is 6.55. The highest BCUT2D eigenvalue weighted by Gasteiger charge is 2.23. The first kappa shape index (κ1) is 7.32. The van der Waals surface area contributed by atoms with Gasteiger partial charge in [-0.2, -0.15) is 0 Å². The average Bonchev–Trinajstić information content (AvgIpc) is 2.13. The van der Waals surface area contributed by atoms with Gasteiger partial charge in [0.05, 0.1) is 5.92 Å². The summed E-state index contributed by atoms with van der Waals surface area (Å²) in [5, 5.41) is 0. The zero-order chi connectivity index (χ0) is 7.72. The SMILES string of the molecule is CC(C)C1=CC(C)C(=O)O1. The van der Waals surface area contributed by atoms with Crippen molar-refractivity contribution in [1.82, 2.24) is 0 Å². The third-order valence-corrected chi connectivity index (χ3v) is 1.57. The molecule has 0 aliphatic carbocycles. The van der Waals surface area contributed by atoms with Crippen LogP contribution in [-0.4, -0.2) is 5.97 Å². The normalized spacial score (nSPS) is 25.0. The Bertz CT molecular complexity index is 180. The topological polar surface area (TPSA) is 26.3 Å². The number of rotatable bonds is 1. The fourth-order valence-corrected chi connectivity index (χ4v) is 0.868. The van der Waals surface area contributed by atoms with Crippen LogP contribution in [0.1, 0.15) is 20.8 Å². The Labute approximate surface area is 60.9 Å². The molecule has 0 fully saturated rings. The minimum absolute atomic E-state index is 0.0441. The second kappa shape index (κ2) is 2.45. The lowest BCUT2D eigenvalue weighted by molar-refractivity contribution is -0.140. The Hall–Kier alpha value is -0.790. The van der Waals surface area contributed by atoms with Gasteiger partial charge in [0.15, 0.2) is 0 Å². The van der Waals surface area contributed by atoms with Crippen molar-refractivity contribution in [3.8, 4) is 0 Å². The molecule has 0 aromatic heterocycles. The highest BCUT2D eigenvalue weighted by Crippen LogP contribution is 2.22. The molecule has 2 nitrogen and oxygen atoms in total. The number of ether oxygens (including phenoxy) is 1. The van der Waals surface area contributed by atoms with Crippen LogP contribution in [0, 0.1) is 11.8 Å². The molecule has 2 heteroatoms. The van der Waals surface area contributed by atoms with E-state index in [2.05, 4.69) is 0 Å². The number of allylic oxidation sites excluding steroid dienone is 1. The van der Waals surface area contributed by atoms with Crippen molar-refractivity contribution in [1.29, 1.82) is 0 Å². The largest absolute Gasteiger partial charge is 0.431 e. The van der Waals surface area contributed by atoms with Gasteiger partial charge in [-0.3, -0.25) is 4.79 Å². The van der Waals surface area contributed by atoms with Crippen LogP contribution in [0.2, 0.25) is 0 Å². The molecule has 0 spiro atoms. The number of esters is 1. The van der Waals surface area contributed by atoms with Crippen molar-refractivity contribution < 1.29 is 9.53 Å². The molecule has 0 bridgehead atoms. The fourth-order valence-electron chi connectivity index (χ4n) is 0.868. The molecule has 1 atom stereocenters. The lowest BCUT2D eigenvalue weighted by Gasteiger charge is -2.03. The van der Waals surface area contributed by atoms with Crippen molar-refractivity contribution in [2.75, 3.05) is 0 Å². The highest BCUT2D eigenvalue weighted by atomic mass is 16.5. The van der Waals surface area contributed by atoms with Crippen LogP contribution >= 0.6 is 0 Å². The van der Waals surface area contributed by atoms with E-state index in [9.17, 15) is 4.79 Å². The molecule has 0 aromatic carbocycles. The third kappa shape index (κ3) is 1.20. The minimum atomic E-state index is -0.122. The van der Waals surface area contributed by atoms with Crippen molar-refractivity contribution in [2.24, 2.45) is 11.8 Å². The predicted octanol–water partition coefficient (Wildman–Crippen LogP) is 1.72. The smallest absolute Gasteiger partial charge is 0.317 e. The first-order chi connectivity index (χ1) is 4.61. The number of carbonyl (C=O) groups excluding carboxylic acids is 1. The van der Waals surface area contributed by atoms with E-state index >= 15 is 0 Å². The monoisotopic (exact) mass is 140 g/mol. The molecule has 0 amide bonds. The predicted molar refractivity (Wildman–Crippen MR) is 38.2 cm³/mol. The molecule has 1 aliphatic heterocycles. The summed E-state index contributed by atoms with van der Waals surface area (Å²) in [5.74, 6) is 0.979. The molecule has 1 heterocycles. The number of hydrogen-bond acceptors (Lipinski definition) is 2. The van der Waals surface area contributed by atoms with Crippen LogP contribution in [-0.2, 0) is 9.53 Å². The van der Waals surface area contributed by atoms with Gasteiger partial charge in [-0.05, 0) is 13.0 Å². The number of hydrogen-bond donors (Lipinski definition) is 0. The standard InChI is InChI=1S/C8H12O2/c1-5(2)7-4-6(3)8(9)10-7/h4-6H,1-3H3. The molecule has 56 valence electrons. The molecule has 0 saturated carbocycles. The fraction of sp³-hybridized carbons (Fsp3) is 0.625. The van der Waals surface area contributed by atoms with Gasteiger partial charge >= 0.3 is 5.97 Å². The second-order valence-electron chi connectivity index (χ2n) is 2.93. The van der Waals surface area contributed by atoms with E-state index in [1.807, 2.05) is 26.8 Å². The maximum atomic E-state index is 10.8. The molecule has 1 aliphatic rings. The Kier molecular flexibility index (Phi) is 1.79. The van der Waals surface area contributed by atoms with E-state index in [1.54, 1.807) is 0 Å². The molecular formula is C8H12O2. The average molecular weight is 140 g/mol. The van der Waals surface area contributed by atoms with Crippen LogP contribution < -0.4 is 0 Å². The summed E-state index contributed by atoms with van der Waals surface area (Å²) >= 11 is 0. The van der Waals surface area contributed by atoms with Crippen molar-refractivity contribution in [3.63, 3.8) is 0 Å². The van der Waals surface area contributed by atoms with Crippen LogP contribution in [0.3, 0.4) is 0 Å². The first-order valence-electron chi connectivity index (χ1n) is 3.54. The van der Waals surface area contributed by atoms with Crippen molar-refractivity contribution in [2.45, 2.75) is 20.8 Å². The summed E-state index contributed by atoms with van der Waals surface area (Å²) in [4.78, 5) is 10.8. The Balaban J connectivity index is 2.67. The summed E-state index contributed by atoms with van der Waals surface area (Å²) in [5.41, 5.74) is 0. The molecule has 10 heavy (non-hydrogen) atoms. The summed E-state index contributed by atoms with van der Waals surface area (Å²) < 4.78 is 4.96. The van der Waals surface area contributed by atoms with Gasteiger partial charge in [0.2, 0.25) is 0 Å². The van der Waals surface area contributed by atoms with Crippen LogP contribution in [0.5, 0.6) is 0 Å². The summed E-state index contributed by atoms with van der Waals surface area (Å²) in [6.07, 6.45) is 1.88. The van der Waals surface area contributed by atoms with Crippen molar-refractivity contribution >= 4 is 5.97 Å². The lowest BCUT2D eigenvalue weighted by Crippen LogP contribution is -2.04. The van der Waals surface area contributed by atoms with Crippen LogP contribution in [0.4, 0.5) is 0 Å². The molecule has 0 radical (unpaired) electrons. The number of cyclic esters (lactones) is 1. The van der Waals surface area contributed by atoms with Gasteiger partial charge in [0.1, 0.15) is 5.76 Å². The van der Waals surface area contributed by atoms with E-state index in [4.69, 9.17) is 4.74 Å². The molecule has 1 unspecified atom stereocenters. The van der Waals surface area contributed by atoms with Gasteiger partial charge in [-0.25, -0.2) is 0 Å². The van der Waals surface area contributed by atoms with E-state index in [-0.39, 0.29) is 11.9 Å². The Morgan fingerprint density at radius 3 is 2.40 bits per heavy atom. The van der Waals surface area contributed by atoms with Gasteiger partial charge in [-0.1, -0.05) is 13.8 Å².